The molecule has 106 valence electrons. The highest BCUT2D eigenvalue weighted by molar-refractivity contribution is 7.89. The van der Waals surface area contributed by atoms with Crippen LogP contribution in [0.2, 0.25) is 0 Å². The topological polar surface area (TPSA) is 77.3 Å². The van der Waals surface area contributed by atoms with Crippen LogP contribution in [-0.4, -0.2) is 53.0 Å². The highest BCUT2D eigenvalue weighted by Gasteiger charge is 2.46. The van der Waals surface area contributed by atoms with Gasteiger partial charge in [-0.15, -0.1) is 5.10 Å². The third-order valence-electron chi connectivity index (χ3n) is 4.04. The molecule has 8 heteroatoms. The molecule has 2 aliphatic rings. The summed E-state index contributed by atoms with van der Waals surface area (Å²) < 4.78 is 34.3. The molecule has 0 saturated carbocycles. The summed E-state index contributed by atoms with van der Waals surface area (Å²) in [6, 6.07) is 5.09. The van der Waals surface area contributed by atoms with Crippen molar-refractivity contribution in [2.24, 2.45) is 7.05 Å². The molecule has 4 rings (SSSR count). The lowest BCUT2D eigenvalue weighted by Gasteiger charge is -2.26. The highest BCUT2D eigenvalue weighted by Crippen LogP contribution is 2.34. The van der Waals surface area contributed by atoms with E-state index in [0.29, 0.717) is 24.2 Å². The third-order valence-corrected chi connectivity index (χ3v) is 5.99. The molecule has 0 aliphatic carbocycles. The van der Waals surface area contributed by atoms with Crippen LogP contribution in [0.4, 0.5) is 0 Å². The van der Waals surface area contributed by atoms with Crippen LogP contribution in [0.5, 0.6) is 0 Å². The van der Waals surface area contributed by atoms with Crippen molar-refractivity contribution in [2.75, 3.05) is 13.2 Å². The predicted octanol–water partition coefficient (Wildman–Crippen LogP) is 0.130. The van der Waals surface area contributed by atoms with Crippen LogP contribution < -0.4 is 0 Å². The Balaban J connectivity index is 1.86. The fraction of sp³-hybridized carbons (Fsp3) is 0.500. The number of aryl methyl sites for hydroxylation is 1. The maximum atomic E-state index is 12.8. The molecule has 0 radical (unpaired) electrons. The van der Waals surface area contributed by atoms with Crippen molar-refractivity contribution in [3.05, 3.63) is 18.2 Å². The molecule has 1 aromatic heterocycles. The van der Waals surface area contributed by atoms with E-state index in [9.17, 15) is 8.42 Å². The van der Waals surface area contributed by atoms with Crippen LogP contribution in [0.3, 0.4) is 0 Å². The number of ether oxygens (including phenoxy) is 1. The summed E-state index contributed by atoms with van der Waals surface area (Å²) in [6.45, 7) is 0.921. The molecule has 1 aromatic carbocycles. The molecule has 2 saturated heterocycles. The SMILES string of the molecule is Cn1nnc2c(S(=O)(=O)N3C[C@H]4C[C@@H]3CO4)cccc21. The minimum atomic E-state index is -3.55. The zero-order valence-electron chi connectivity index (χ0n) is 10.9. The van der Waals surface area contributed by atoms with Gasteiger partial charge in [0.25, 0.3) is 0 Å². The smallest absolute Gasteiger partial charge is 0.245 e. The van der Waals surface area contributed by atoms with E-state index in [1.807, 2.05) is 6.07 Å². The van der Waals surface area contributed by atoms with Crippen LogP contribution in [-0.2, 0) is 21.8 Å². The average molecular weight is 294 g/mol. The Morgan fingerprint density at radius 3 is 2.95 bits per heavy atom. The molecule has 2 bridgehead atoms. The first-order valence-corrected chi connectivity index (χ1v) is 7.93. The number of hydrogen-bond donors (Lipinski definition) is 0. The van der Waals surface area contributed by atoms with Crippen LogP contribution in [0.25, 0.3) is 11.0 Å². The number of sulfonamides is 1. The maximum Gasteiger partial charge on any atom is 0.245 e. The van der Waals surface area contributed by atoms with Gasteiger partial charge in [0, 0.05) is 13.6 Å². The van der Waals surface area contributed by atoms with E-state index in [1.54, 1.807) is 28.2 Å². The summed E-state index contributed by atoms with van der Waals surface area (Å²) in [4.78, 5) is 0.232. The van der Waals surface area contributed by atoms with Gasteiger partial charge >= 0.3 is 0 Å². The zero-order chi connectivity index (χ0) is 13.9. The van der Waals surface area contributed by atoms with Crippen LogP contribution >= 0.6 is 0 Å². The van der Waals surface area contributed by atoms with Gasteiger partial charge < -0.3 is 4.74 Å². The summed E-state index contributed by atoms with van der Waals surface area (Å²) >= 11 is 0. The molecule has 7 nitrogen and oxygen atoms in total. The van der Waals surface area contributed by atoms with Crippen molar-refractivity contribution >= 4 is 21.1 Å². The first-order valence-electron chi connectivity index (χ1n) is 6.49. The molecule has 20 heavy (non-hydrogen) atoms. The number of fused-ring (bicyclic) bond motifs is 3. The Hall–Kier alpha value is -1.51. The van der Waals surface area contributed by atoms with E-state index < -0.39 is 10.0 Å². The van der Waals surface area contributed by atoms with Crippen molar-refractivity contribution < 1.29 is 13.2 Å². The fourth-order valence-electron chi connectivity index (χ4n) is 3.03. The molecule has 2 aliphatic heterocycles. The molecule has 0 spiro atoms. The molecule has 2 atom stereocenters. The standard InChI is InChI=1S/C12H14N4O3S/c1-15-10-3-2-4-11(12(10)13-14-15)20(17,18)16-6-9-5-8(16)7-19-9/h2-4,8-9H,5-7H2,1H3/t8-,9-/m1/s1. The molecular formula is C12H14N4O3S. The second-order valence-corrected chi connectivity index (χ2v) is 7.12. The first-order chi connectivity index (χ1) is 9.57. The molecular weight excluding hydrogens is 280 g/mol. The molecule has 0 amide bonds. The molecule has 2 aromatic rings. The van der Waals surface area contributed by atoms with Crippen molar-refractivity contribution in [3.8, 4) is 0 Å². The fourth-order valence-corrected chi connectivity index (χ4v) is 4.82. The highest BCUT2D eigenvalue weighted by atomic mass is 32.2. The van der Waals surface area contributed by atoms with Gasteiger partial charge in [0.1, 0.15) is 10.4 Å². The number of rotatable bonds is 2. The summed E-state index contributed by atoms with van der Waals surface area (Å²) in [5, 5.41) is 7.90. The summed E-state index contributed by atoms with van der Waals surface area (Å²) in [5.41, 5.74) is 1.14. The largest absolute Gasteiger partial charge is 0.375 e. The lowest BCUT2D eigenvalue weighted by Crippen LogP contribution is -2.41. The van der Waals surface area contributed by atoms with E-state index in [0.717, 1.165) is 6.42 Å². The third kappa shape index (κ3) is 1.55. The van der Waals surface area contributed by atoms with Crippen LogP contribution in [0, 0.1) is 0 Å². The van der Waals surface area contributed by atoms with E-state index in [4.69, 9.17) is 4.74 Å². The second-order valence-electron chi connectivity index (χ2n) is 5.26. The molecule has 3 heterocycles. The van der Waals surface area contributed by atoms with Gasteiger partial charge in [0.15, 0.2) is 0 Å². The van der Waals surface area contributed by atoms with Crippen molar-refractivity contribution in [3.63, 3.8) is 0 Å². The quantitative estimate of drug-likeness (QED) is 0.787. The lowest BCUT2D eigenvalue weighted by atomic mass is 10.3. The number of benzene rings is 1. The van der Waals surface area contributed by atoms with Gasteiger partial charge in [-0.25, -0.2) is 13.1 Å². The van der Waals surface area contributed by atoms with Crippen molar-refractivity contribution in [2.45, 2.75) is 23.5 Å². The predicted molar refractivity (Wildman–Crippen MR) is 70.5 cm³/mol. The Morgan fingerprint density at radius 2 is 2.25 bits per heavy atom. The molecule has 0 N–H and O–H groups in total. The lowest BCUT2D eigenvalue weighted by molar-refractivity contribution is 0.0609. The number of morpholine rings is 1. The van der Waals surface area contributed by atoms with Gasteiger partial charge in [-0.05, 0) is 18.6 Å². The minimum Gasteiger partial charge on any atom is -0.375 e. The number of aromatic nitrogens is 3. The maximum absolute atomic E-state index is 12.8. The first kappa shape index (κ1) is 12.2. The van der Waals surface area contributed by atoms with Gasteiger partial charge in [-0.3, -0.25) is 0 Å². The molecule has 2 fully saturated rings. The second kappa shape index (κ2) is 4.00. The Labute approximate surface area is 116 Å². The summed E-state index contributed by atoms with van der Waals surface area (Å²) in [5.74, 6) is 0. The molecule has 0 unspecified atom stereocenters. The van der Waals surface area contributed by atoms with Gasteiger partial charge in [0.05, 0.1) is 24.3 Å². The van der Waals surface area contributed by atoms with E-state index >= 15 is 0 Å². The Morgan fingerprint density at radius 1 is 1.40 bits per heavy atom. The van der Waals surface area contributed by atoms with Crippen molar-refractivity contribution in [1.82, 2.24) is 19.3 Å². The Bertz CT molecular complexity index is 785. The van der Waals surface area contributed by atoms with E-state index in [1.165, 1.54) is 0 Å². The average Bonchev–Trinajstić information content (AvgIpc) is 3.14. The monoisotopic (exact) mass is 294 g/mol. The van der Waals surface area contributed by atoms with Gasteiger partial charge in [-0.1, -0.05) is 11.3 Å². The zero-order valence-corrected chi connectivity index (χ0v) is 11.7. The van der Waals surface area contributed by atoms with Crippen LogP contribution in [0.15, 0.2) is 23.1 Å². The number of nitrogens with zero attached hydrogens (tertiary/aromatic N) is 4. The van der Waals surface area contributed by atoms with E-state index in [-0.39, 0.29) is 17.0 Å². The van der Waals surface area contributed by atoms with E-state index in [2.05, 4.69) is 10.3 Å². The summed E-state index contributed by atoms with van der Waals surface area (Å²) in [7, 11) is -1.80. The number of hydrogen-bond acceptors (Lipinski definition) is 5. The van der Waals surface area contributed by atoms with Gasteiger partial charge in [0.2, 0.25) is 10.0 Å². The minimum absolute atomic E-state index is 0.0378. The Kier molecular flexibility index (Phi) is 2.45. The summed E-state index contributed by atoms with van der Waals surface area (Å²) in [6.07, 6.45) is 0.825. The normalized spacial score (nSPS) is 26.6. The van der Waals surface area contributed by atoms with Gasteiger partial charge in [-0.2, -0.15) is 4.31 Å². The van der Waals surface area contributed by atoms with Crippen molar-refractivity contribution in [1.29, 1.82) is 0 Å². The van der Waals surface area contributed by atoms with Crippen LogP contribution in [0.1, 0.15) is 6.42 Å².